The van der Waals surface area contributed by atoms with E-state index in [1.54, 1.807) is 13.0 Å². The van der Waals surface area contributed by atoms with E-state index in [1.165, 1.54) is 12.3 Å². The molecule has 2 aromatic heterocycles. The number of aryl methyl sites for hydroxylation is 1. The molecule has 2 heterocycles. The maximum absolute atomic E-state index is 11.7. The number of carbonyl (C=O) groups is 1. The van der Waals surface area contributed by atoms with Crippen LogP contribution in [-0.2, 0) is 11.3 Å². The van der Waals surface area contributed by atoms with E-state index >= 15 is 0 Å². The lowest BCUT2D eigenvalue weighted by molar-refractivity contribution is 0.143. The molecule has 2 rings (SSSR count). The maximum atomic E-state index is 11.7. The topological polar surface area (TPSA) is 97.5 Å². The lowest BCUT2D eigenvalue weighted by Gasteiger charge is -2.07. The van der Waals surface area contributed by atoms with Gasteiger partial charge >= 0.3 is 6.09 Å². The van der Waals surface area contributed by atoms with Gasteiger partial charge in [0.05, 0.1) is 25.0 Å². The number of rotatable bonds is 8. The van der Waals surface area contributed by atoms with E-state index in [1.807, 2.05) is 0 Å². The van der Waals surface area contributed by atoms with Crippen LogP contribution in [0.2, 0.25) is 0 Å². The van der Waals surface area contributed by atoms with Crippen molar-refractivity contribution in [3.05, 3.63) is 29.6 Å². The minimum atomic E-state index is -0.461. The summed E-state index contributed by atoms with van der Waals surface area (Å²) in [4.78, 5) is 15.8. The van der Waals surface area contributed by atoms with E-state index < -0.39 is 6.09 Å². The van der Waals surface area contributed by atoms with Crippen molar-refractivity contribution < 1.29 is 19.2 Å². The first-order chi connectivity index (χ1) is 11.6. The van der Waals surface area contributed by atoms with Crippen molar-refractivity contribution in [2.75, 3.05) is 6.61 Å². The quantitative estimate of drug-likeness (QED) is 0.717. The van der Waals surface area contributed by atoms with Crippen LogP contribution in [0.15, 0.2) is 22.9 Å². The van der Waals surface area contributed by atoms with Crippen LogP contribution >= 0.6 is 0 Å². The molecule has 0 bridgehead atoms. The third kappa shape index (κ3) is 4.97. The first kappa shape index (κ1) is 17.8. The summed E-state index contributed by atoms with van der Waals surface area (Å²) in [5.74, 6) is 0.539. The predicted molar refractivity (Wildman–Crippen MR) is 88.5 cm³/mol. The van der Waals surface area contributed by atoms with Gasteiger partial charge in [-0.3, -0.25) is 0 Å². The van der Waals surface area contributed by atoms with Crippen molar-refractivity contribution in [2.45, 2.75) is 46.1 Å². The number of aromatic nitrogens is 2. The number of nitrogens with one attached hydrogen (secondary N) is 1. The van der Waals surface area contributed by atoms with Gasteiger partial charge in [0, 0.05) is 5.56 Å². The minimum absolute atomic E-state index is 0.0707. The summed E-state index contributed by atoms with van der Waals surface area (Å²) < 4.78 is 10.4. The molecule has 0 fully saturated rings. The minimum Gasteiger partial charge on any atom is -0.506 e. The fourth-order valence-electron chi connectivity index (χ4n) is 2.22. The normalized spacial score (nSPS) is 10.6. The first-order valence-corrected chi connectivity index (χ1v) is 8.13. The Morgan fingerprint density at radius 2 is 2.17 bits per heavy atom. The Labute approximate surface area is 141 Å². The molecule has 0 atom stereocenters. The average molecular weight is 333 g/mol. The van der Waals surface area contributed by atoms with Gasteiger partial charge in [-0.2, -0.15) is 0 Å². The van der Waals surface area contributed by atoms with Gasteiger partial charge in [-0.25, -0.2) is 9.78 Å². The van der Waals surface area contributed by atoms with Crippen LogP contribution in [0.4, 0.5) is 4.79 Å². The van der Waals surface area contributed by atoms with Crippen molar-refractivity contribution in [3.8, 4) is 17.2 Å². The molecular formula is C17H23N3O4. The number of alkyl carbamates (subject to hydrolysis) is 1. The summed E-state index contributed by atoms with van der Waals surface area (Å²) in [7, 11) is 0. The van der Waals surface area contributed by atoms with E-state index in [9.17, 15) is 9.90 Å². The number of hydrogen-bond acceptors (Lipinski definition) is 6. The van der Waals surface area contributed by atoms with Crippen molar-refractivity contribution in [1.82, 2.24) is 15.5 Å². The highest BCUT2D eigenvalue weighted by molar-refractivity contribution is 5.68. The zero-order valence-electron chi connectivity index (χ0n) is 14.0. The molecule has 0 saturated carbocycles. The molecule has 2 aromatic rings. The van der Waals surface area contributed by atoms with Gasteiger partial charge in [-0.1, -0.05) is 31.3 Å². The number of nitrogens with zero attached hydrogens (tertiary/aromatic N) is 2. The van der Waals surface area contributed by atoms with Gasteiger partial charge in [0.25, 0.3) is 0 Å². The summed E-state index contributed by atoms with van der Waals surface area (Å²) >= 11 is 0. The predicted octanol–water partition coefficient (Wildman–Crippen LogP) is 3.56. The number of unbranched alkanes of at least 4 members (excludes halogenated alkanes) is 3. The summed E-state index contributed by atoms with van der Waals surface area (Å²) in [5.41, 5.74) is 1.94. The lowest BCUT2D eigenvalue weighted by atomic mass is 10.1. The van der Waals surface area contributed by atoms with Crippen molar-refractivity contribution >= 4 is 6.09 Å². The fraction of sp³-hybridized carbons (Fsp3) is 0.471. The second-order valence-corrected chi connectivity index (χ2v) is 5.53. The van der Waals surface area contributed by atoms with E-state index in [-0.39, 0.29) is 12.3 Å². The SMILES string of the molecule is CCCCCCOC(=O)NCc1c(C)noc1-c1ccc(O)cn1. The molecule has 0 aromatic carbocycles. The van der Waals surface area contributed by atoms with E-state index in [0.29, 0.717) is 23.8 Å². The van der Waals surface area contributed by atoms with Crippen LogP contribution in [0.3, 0.4) is 0 Å². The van der Waals surface area contributed by atoms with E-state index in [0.717, 1.165) is 31.2 Å². The van der Waals surface area contributed by atoms with Gasteiger partial charge in [-0.05, 0) is 25.5 Å². The Morgan fingerprint density at radius 3 is 2.88 bits per heavy atom. The van der Waals surface area contributed by atoms with Crippen molar-refractivity contribution in [2.24, 2.45) is 0 Å². The van der Waals surface area contributed by atoms with Gasteiger partial charge in [0.1, 0.15) is 11.4 Å². The highest BCUT2D eigenvalue weighted by Crippen LogP contribution is 2.25. The van der Waals surface area contributed by atoms with Crippen LogP contribution in [0.5, 0.6) is 5.75 Å². The molecule has 7 heteroatoms. The summed E-state index contributed by atoms with van der Waals surface area (Å²) in [5, 5.41) is 15.9. The average Bonchev–Trinajstić information content (AvgIpc) is 2.94. The summed E-state index contributed by atoms with van der Waals surface area (Å²) in [6, 6.07) is 3.15. The van der Waals surface area contributed by atoms with Crippen LogP contribution in [0.25, 0.3) is 11.5 Å². The molecule has 0 saturated heterocycles. The zero-order valence-corrected chi connectivity index (χ0v) is 14.0. The van der Waals surface area contributed by atoms with Crippen LogP contribution in [-0.4, -0.2) is 27.9 Å². The largest absolute Gasteiger partial charge is 0.506 e. The lowest BCUT2D eigenvalue weighted by Crippen LogP contribution is -2.24. The molecule has 130 valence electrons. The number of carbonyl (C=O) groups excluding carboxylic acids is 1. The van der Waals surface area contributed by atoms with Gasteiger partial charge in [0.2, 0.25) is 0 Å². The Bertz CT molecular complexity index is 652. The zero-order chi connectivity index (χ0) is 17.4. The number of ether oxygens (including phenoxy) is 1. The van der Waals surface area contributed by atoms with Gasteiger partial charge in [0.15, 0.2) is 5.76 Å². The fourth-order valence-corrected chi connectivity index (χ4v) is 2.22. The number of aromatic hydroxyl groups is 1. The Kier molecular flexibility index (Phi) is 6.60. The maximum Gasteiger partial charge on any atom is 0.407 e. The second-order valence-electron chi connectivity index (χ2n) is 5.53. The summed E-state index contributed by atoms with van der Waals surface area (Å²) in [6.07, 6.45) is 5.09. The van der Waals surface area contributed by atoms with Gasteiger partial charge < -0.3 is 19.7 Å². The van der Waals surface area contributed by atoms with E-state index in [2.05, 4.69) is 22.4 Å². The molecule has 24 heavy (non-hydrogen) atoms. The molecular weight excluding hydrogens is 310 g/mol. The third-order valence-corrected chi connectivity index (χ3v) is 3.61. The highest BCUT2D eigenvalue weighted by Gasteiger charge is 2.17. The van der Waals surface area contributed by atoms with Crippen LogP contribution in [0.1, 0.15) is 43.9 Å². The molecule has 0 radical (unpaired) electrons. The Hall–Kier alpha value is -2.57. The molecule has 0 aliphatic rings. The molecule has 0 unspecified atom stereocenters. The third-order valence-electron chi connectivity index (χ3n) is 3.61. The Morgan fingerprint density at radius 1 is 1.33 bits per heavy atom. The highest BCUT2D eigenvalue weighted by atomic mass is 16.5. The molecule has 2 N–H and O–H groups in total. The number of hydrogen-bond donors (Lipinski definition) is 2. The van der Waals surface area contributed by atoms with Crippen LogP contribution in [0, 0.1) is 6.92 Å². The monoisotopic (exact) mass is 333 g/mol. The molecule has 0 spiro atoms. The van der Waals surface area contributed by atoms with Crippen LogP contribution < -0.4 is 5.32 Å². The molecule has 7 nitrogen and oxygen atoms in total. The van der Waals surface area contributed by atoms with E-state index in [4.69, 9.17) is 9.26 Å². The number of amides is 1. The number of pyridine rings is 1. The smallest absolute Gasteiger partial charge is 0.407 e. The Balaban J connectivity index is 1.90. The molecule has 0 aliphatic heterocycles. The summed E-state index contributed by atoms with van der Waals surface area (Å²) in [6.45, 7) is 4.58. The molecule has 1 amide bonds. The van der Waals surface area contributed by atoms with Gasteiger partial charge in [-0.15, -0.1) is 0 Å². The standard InChI is InChI=1S/C17H23N3O4/c1-3-4-5-6-9-23-17(22)19-11-14-12(2)20-24-16(14)15-8-7-13(21)10-18-15/h7-8,10,21H,3-6,9,11H2,1-2H3,(H,19,22). The van der Waals surface area contributed by atoms with Crippen molar-refractivity contribution in [1.29, 1.82) is 0 Å². The first-order valence-electron chi connectivity index (χ1n) is 8.13. The molecule has 0 aliphatic carbocycles. The van der Waals surface area contributed by atoms with Crippen molar-refractivity contribution in [3.63, 3.8) is 0 Å². The second kappa shape index (κ2) is 8.90.